The predicted octanol–water partition coefficient (Wildman–Crippen LogP) is 4.51. The minimum absolute atomic E-state index is 0.0736. The summed E-state index contributed by atoms with van der Waals surface area (Å²) >= 11 is 6.49. The number of aromatic nitrogens is 1. The summed E-state index contributed by atoms with van der Waals surface area (Å²) in [6.07, 6.45) is 6.26. The molecule has 1 aromatic carbocycles. The molecule has 4 rings (SSSR count). The molecule has 1 aromatic heterocycles. The molecule has 122 valence electrons. The summed E-state index contributed by atoms with van der Waals surface area (Å²) in [5, 5.41) is 4.58. The van der Waals surface area contributed by atoms with Gasteiger partial charge in [-0.2, -0.15) is 0 Å². The first-order valence-electron chi connectivity index (χ1n) is 8.25. The third kappa shape index (κ3) is 2.54. The van der Waals surface area contributed by atoms with E-state index in [4.69, 9.17) is 11.6 Å². The number of hydrogen-bond acceptors (Lipinski definition) is 2. The predicted molar refractivity (Wildman–Crippen MR) is 97.1 cm³/mol. The molecule has 4 heteroatoms. The van der Waals surface area contributed by atoms with E-state index in [0.29, 0.717) is 0 Å². The minimum Gasteiger partial charge on any atom is -0.319 e. The molecule has 0 radical (unpaired) electrons. The number of benzene rings is 1. The molecule has 1 N–H and O–H groups in total. The van der Waals surface area contributed by atoms with Crippen molar-refractivity contribution in [3.05, 3.63) is 76.1 Å². The van der Waals surface area contributed by atoms with Crippen LogP contribution < -0.4 is 5.32 Å². The Bertz CT molecular complexity index is 858. The van der Waals surface area contributed by atoms with Gasteiger partial charge in [-0.25, -0.2) is 0 Å². The van der Waals surface area contributed by atoms with Gasteiger partial charge in [0.15, 0.2) is 5.78 Å². The van der Waals surface area contributed by atoms with Crippen LogP contribution in [0.25, 0.3) is 5.70 Å². The van der Waals surface area contributed by atoms with Crippen LogP contribution in [0.2, 0.25) is 0 Å². The summed E-state index contributed by atoms with van der Waals surface area (Å²) in [7, 11) is 0. The molecule has 1 unspecified atom stereocenters. The van der Waals surface area contributed by atoms with Crippen LogP contribution >= 0.6 is 11.6 Å². The van der Waals surface area contributed by atoms with Gasteiger partial charge >= 0.3 is 0 Å². The van der Waals surface area contributed by atoms with Gasteiger partial charge < -0.3 is 9.88 Å². The Balaban J connectivity index is 1.78. The Morgan fingerprint density at radius 2 is 2.04 bits per heavy atom. The third-order valence-electron chi connectivity index (χ3n) is 4.81. The standard InChI is InChI=1S/C20H19ClN2O/c1-13(24)14-7-9-15(10-8-14)20-19-6-3-11-23(19)18-5-2-4-17(21)16(18)12-22-20/h3,5-11,20,22H,2,4,12H2,1H3. The van der Waals surface area contributed by atoms with Crippen LogP contribution in [-0.2, 0) is 0 Å². The maximum absolute atomic E-state index is 11.5. The molecule has 1 atom stereocenters. The van der Waals surface area contributed by atoms with E-state index in [1.165, 1.54) is 17.0 Å². The lowest BCUT2D eigenvalue weighted by Crippen LogP contribution is -2.23. The van der Waals surface area contributed by atoms with E-state index in [0.717, 1.165) is 35.5 Å². The van der Waals surface area contributed by atoms with Crippen molar-refractivity contribution in [2.24, 2.45) is 0 Å². The largest absolute Gasteiger partial charge is 0.319 e. The molecule has 0 bridgehead atoms. The van der Waals surface area contributed by atoms with Crippen molar-refractivity contribution in [2.75, 3.05) is 6.54 Å². The molecule has 1 aliphatic heterocycles. The van der Waals surface area contributed by atoms with Crippen LogP contribution in [0.5, 0.6) is 0 Å². The first kappa shape index (κ1) is 15.4. The van der Waals surface area contributed by atoms with Gasteiger partial charge in [0.25, 0.3) is 0 Å². The summed E-state index contributed by atoms with van der Waals surface area (Å²) in [4.78, 5) is 11.5. The summed E-state index contributed by atoms with van der Waals surface area (Å²) in [5.74, 6) is 0.0897. The van der Waals surface area contributed by atoms with Crippen LogP contribution in [0.1, 0.15) is 47.4 Å². The van der Waals surface area contributed by atoms with Crippen LogP contribution in [0.15, 0.2) is 59.3 Å². The SMILES string of the molecule is CC(=O)c1ccc(C2NCC3=C(Cl)CCC=C3n3cccc32)cc1. The number of nitrogens with zero attached hydrogens (tertiary/aromatic N) is 1. The zero-order valence-electron chi connectivity index (χ0n) is 13.6. The summed E-state index contributed by atoms with van der Waals surface area (Å²) < 4.78 is 2.24. The minimum atomic E-state index is 0.0736. The zero-order valence-corrected chi connectivity index (χ0v) is 14.3. The summed E-state index contributed by atoms with van der Waals surface area (Å²) in [5.41, 5.74) is 5.46. The van der Waals surface area contributed by atoms with Crippen molar-refractivity contribution in [2.45, 2.75) is 25.8 Å². The third-order valence-corrected chi connectivity index (χ3v) is 5.22. The molecule has 0 spiro atoms. The molecule has 0 saturated carbocycles. The molecule has 1 aliphatic carbocycles. The average Bonchev–Trinajstić information content (AvgIpc) is 3.00. The highest BCUT2D eigenvalue weighted by molar-refractivity contribution is 6.31. The fourth-order valence-corrected chi connectivity index (χ4v) is 3.81. The number of ketones is 1. The number of halogens is 1. The lowest BCUT2D eigenvalue weighted by atomic mass is 10.0. The summed E-state index contributed by atoms with van der Waals surface area (Å²) in [6.45, 7) is 2.33. The number of Topliss-reactive ketones (excluding diaryl/α,β-unsaturated/α-hetero) is 1. The van der Waals surface area contributed by atoms with Crippen molar-refractivity contribution in [3.8, 4) is 0 Å². The molecule has 24 heavy (non-hydrogen) atoms. The Kier molecular flexibility index (Phi) is 3.91. The molecular formula is C20H19ClN2O. The maximum atomic E-state index is 11.5. The lowest BCUT2D eigenvalue weighted by Gasteiger charge is -2.18. The van der Waals surface area contributed by atoms with Crippen molar-refractivity contribution >= 4 is 23.1 Å². The quantitative estimate of drug-likeness (QED) is 0.817. The average molecular weight is 339 g/mol. The Labute approximate surface area is 146 Å². The molecule has 0 amide bonds. The van der Waals surface area contributed by atoms with Crippen LogP contribution in [0, 0.1) is 0 Å². The maximum Gasteiger partial charge on any atom is 0.159 e. The van der Waals surface area contributed by atoms with Crippen molar-refractivity contribution in [1.29, 1.82) is 0 Å². The van der Waals surface area contributed by atoms with Gasteiger partial charge in [0.2, 0.25) is 0 Å². The van der Waals surface area contributed by atoms with Gasteiger partial charge in [-0.3, -0.25) is 4.79 Å². The fourth-order valence-electron chi connectivity index (χ4n) is 3.54. The van der Waals surface area contributed by atoms with Crippen molar-refractivity contribution < 1.29 is 4.79 Å². The summed E-state index contributed by atoms with van der Waals surface area (Å²) in [6, 6.07) is 12.1. The van der Waals surface area contributed by atoms with Gasteiger partial charge in [-0.15, -0.1) is 0 Å². The number of nitrogens with one attached hydrogen (secondary N) is 1. The monoisotopic (exact) mass is 338 g/mol. The molecule has 3 nitrogen and oxygen atoms in total. The number of fused-ring (bicyclic) bond motifs is 3. The van der Waals surface area contributed by atoms with E-state index in [2.05, 4.69) is 34.3 Å². The molecule has 0 fully saturated rings. The van der Waals surface area contributed by atoms with E-state index in [9.17, 15) is 4.79 Å². The van der Waals surface area contributed by atoms with E-state index in [-0.39, 0.29) is 11.8 Å². The molecule has 2 heterocycles. The Hall–Kier alpha value is -2.10. The second-order valence-electron chi connectivity index (χ2n) is 6.31. The highest BCUT2D eigenvalue weighted by Crippen LogP contribution is 2.36. The van der Waals surface area contributed by atoms with Crippen LogP contribution in [0.4, 0.5) is 0 Å². The number of carbonyl (C=O) groups is 1. The Morgan fingerprint density at radius 3 is 2.79 bits per heavy atom. The normalized spacial score (nSPS) is 20.1. The first-order valence-corrected chi connectivity index (χ1v) is 8.63. The van der Waals surface area contributed by atoms with E-state index >= 15 is 0 Å². The number of carbonyl (C=O) groups excluding carboxylic acids is 1. The second kappa shape index (κ2) is 6.08. The van der Waals surface area contributed by atoms with Crippen molar-refractivity contribution in [3.63, 3.8) is 0 Å². The van der Waals surface area contributed by atoms with Gasteiger partial charge in [0.1, 0.15) is 0 Å². The highest BCUT2D eigenvalue weighted by Gasteiger charge is 2.27. The topological polar surface area (TPSA) is 34.0 Å². The molecule has 0 saturated heterocycles. The molecule has 2 aliphatic rings. The van der Waals surface area contributed by atoms with Crippen LogP contribution in [-0.4, -0.2) is 16.9 Å². The molecular weight excluding hydrogens is 320 g/mol. The zero-order chi connectivity index (χ0) is 16.7. The number of hydrogen-bond donors (Lipinski definition) is 1. The van der Waals surface area contributed by atoms with E-state index in [1.54, 1.807) is 6.92 Å². The van der Waals surface area contributed by atoms with Gasteiger partial charge in [-0.1, -0.05) is 41.9 Å². The number of rotatable bonds is 2. The fraction of sp³-hybridized carbons (Fsp3) is 0.250. The second-order valence-corrected chi connectivity index (χ2v) is 6.76. The lowest BCUT2D eigenvalue weighted by molar-refractivity contribution is 0.101. The first-order chi connectivity index (χ1) is 11.6. The van der Waals surface area contributed by atoms with E-state index in [1.807, 2.05) is 24.3 Å². The van der Waals surface area contributed by atoms with Gasteiger partial charge in [0, 0.05) is 40.3 Å². The van der Waals surface area contributed by atoms with E-state index < -0.39 is 0 Å². The Morgan fingerprint density at radius 1 is 1.25 bits per heavy atom. The molecule has 2 aromatic rings. The smallest absolute Gasteiger partial charge is 0.159 e. The number of allylic oxidation sites excluding steroid dienone is 2. The highest BCUT2D eigenvalue weighted by atomic mass is 35.5. The van der Waals surface area contributed by atoms with Crippen molar-refractivity contribution in [1.82, 2.24) is 9.88 Å². The van der Waals surface area contributed by atoms with Gasteiger partial charge in [0.05, 0.1) is 6.04 Å². The van der Waals surface area contributed by atoms with Gasteiger partial charge in [-0.05, 0) is 37.5 Å². The van der Waals surface area contributed by atoms with Crippen LogP contribution in [0.3, 0.4) is 0 Å².